The first-order valence-electron chi connectivity index (χ1n) is 11.9. The lowest BCUT2D eigenvalue weighted by Crippen LogP contribution is -2.61. The number of carbonyl (C=O) groups is 2. The number of nitrogens with zero attached hydrogens (tertiary/aromatic N) is 2. The monoisotopic (exact) mass is 455 g/mol. The Kier molecular flexibility index (Phi) is 7.63. The summed E-state index contributed by atoms with van der Waals surface area (Å²) in [5.74, 6) is -0.386. The molecular formula is C21H38FN7O3. The summed E-state index contributed by atoms with van der Waals surface area (Å²) in [6.07, 6.45) is 2.35. The minimum atomic E-state index is -0.990. The van der Waals surface area contributed by atoms with Gasteiger partial charge in [0, 0.05) is 39.6 Å². The molecule has 32 heavy (non-hydrogen) atoms. The fraction of sp³-hybridized carbons (Fsp3) is 0.905. The van der Waals surface area contributed by atoms with Crippen molar-refractivity contribution in [1.82, 2.24) is 31.3 Å². The second kappa shape index (κ2) is 10.3. The molecule has 1 aliphatic carbocycles. The van der Waals surface area contributed by atoms with Crippen LogP contribution in [0.2, 0.25) is 0 Å². The highest BCUT2D eigenvalue weighted by molar-refractivity contribution is 5.81. The van der Waals surface area contributed by atoms with Gasteiger partial charge in [-0.05, 0) is 38.6 Å². The quantitative estimate of drug-likeness (QED) is 0.339. The predicted octanol–water partition coefficient (Wildman–Crippen LogP) is -1.51. The van der Waals surface area contributed by atoms with E-state index >= 15 is 0 Å². The van der Waals surface area contributed by atoms with Crippen LogP contribution in [-0.4, -0.2) is 98.8 Å². The normalized spacial score (nSPS) is 40.5. The first kappa shape index (κ1) is 23.8. The van der Waals surface area contributed by atoms with Crippen LogP contribution in [-0.2, 0) is 14.3 Å². The van der Waals surface area contributed by atoms with E-state index in [0.717, 1.165) is 38.6 Å². The third kappa shape index (κ3) is 5.23. The van der Waals surface area contributed by atoms with Crippen LogP contribution in [0, 0.1) is 11.8 Å². The van der Waals surface area contributed by atoms with Gasteiger partial charge in [-0.15, -0.1) is 0 Å². The molecule has 4 aliphatic rings. The average molecular weight is 456 g/mol. The van der Waals surface area contributed by atoms with E-state index in [1.54, 1.807) is 24.0 Å². The van der Waals surface area contributed by atoms with Crippen molar-refractivity contribution in [3.8, 4) is 0 Å². The highest BCUT2D eigenvalue weighted by Gasteiger charge is 2.47. The van der Waals surface area contributed by atoms with Gasteiger partial charge in [0.15, 0.2) is 0 Å². The molecule has 182 valence electrons. The second-order valence-corrected chi connectivity index (χ2v) is 9.77. The van der Waals surface area contributed by atoms with Gasteiger partial charge in [-0.25, -0.2) is 14.8 Å². The van der Waals surface area contributed by atoms with Crippen molar-refractivity contribution >= 4 is 11.8 Å². The van der Waals surface area contributed by atoms with E-state index in [4.69, 9.17) is 10.5 Å². The fourth-order valence-corrected chi connectivity index (χ4v) is 5.46. The van der Waals surface area contributed by atoms with Gasteiger partial charge in [0.2, 0.25) is 11.8 Å². The maximum absolute atomic E-state index is 13.7. The molecule has 2 amide bonds. The third-order valence-electron chi connectivity index (χ3n) is 7.20. The zero-order valence-corrected chi connectivity index (χ0v) is 19.1. The lowest BCUT2D eigenvalue weighted by Gasteiger charge is -2.38. The van der Waals surface area contributed by atoms with E-state index < -0.39 is 18.3 Å². The van der Waals surface area contributed by atoms with E-state index in [1.807, 2.05) is 0 Å². The number of nitrogens with one attached hydrogen (secondary N) is 4. The van der Waals surface area contributed by atoms with Crippen molar-refractivity contribution in [3.05, 3.63) is 0 Å². The van der Waals surface area contributed by atoms with Crippen LogP contribution in [0.4, 0.5) is 4.39 Å². The van der Waals surface area contributed by atoms with Crippen LogP contribution in [0.1, 0.15) is 32.1 Å². The van der Waals surface area contributed by atoms with Crippen LogP contribution >= 0.6 is 0 Å². The van der Waals surface area contributed by atoms with Crippen molar-refractivity contribution in [2.75, 3.05) is 40.3 Å². The van der Waals surface area contributed by atoms with Crippen LogP contribution < -0.4 is 27.1 Å². The maximum atomic E-state index is 13.7. The van der Waals surface area contributed by atoms with E-state index in [2.05, 4.69) is 21.4 Å². The Balaban J connectivity index is 1.31. The van der Waals surface area contributed by atoms with Gasteiger partial charge in [-0.3, -0.25) is 14.9 Å². The molecule has 6 atom stereocenters. The van der Waals surface area contributed by atoms with Gasteiger partial charge in [-0.2, -0.15) is 0 Å². The number of hydrazine groups is 1. The molecule has 4 rings (SSSR count). The van der Waals surface area contributed by atoms with Gasteiger partial charge in [0.1, 0.15) is 6.17 Å². The van der Waals surface area contributed by atoms with E-state index in [-0.39, 0.29) is 55.2 Å². The van der Waals surface area contributed by atoms with Crippen LogP contribution in [0.15, 0.2) is 0 Å². The summed E-state index contributed by atoms with van der Waals surface area (Å²) in [5.41, 5.74) is 9.20. The lowest BCUT2D eigenvalue weighted by atomic mass is 9.86. The zero-order valence-electron chi connectivity index (χ0n) is 19.1. The molecule has 3 heterocycles. The molecule has 6 N–H and O–H groups in total. The van der Waals surface area contributed by atoms with Crippen LogP contribution in [0.25, 0.3) is 0 Å². The Labute approximate surface area is 189 Å². The van der Waals surface area contributed by atoms with Gasteiger partial charge in [0.25, 0.3) is 0 Å². The number of amides is 2. The van der Waals surface area contributed by atoms with E-state index in [9.17, 15) is 14.0 Å². The Bertz CT molecular complexity index is 676. The molecule has 0 spiro atoms. The molecule has 4 fully saturated rings. The molecule has 10 nitrogen and oxygen atoms in total. The number of hydrogen-bond donors (Lipinski definition) is 5. The first-order valence-corrected chi connectivity index (χ1v) is 11.9. The summed E-state index contributed by atoms with van der Waals surface area (Å²) in [7, 11) is 3.61. The number of carbonyl (C=O) groups excluding carboxylic acids is 2. The first-order chi connectivity index (χ1) is 15.3. The molecule has 3 saturated heterocycles. The van der Waals surface area contributed by atoms with E-state index in [1.165, 1.54) is 0 Å². The number of rotatable bonds is 5. The molecule has 0 aromatic carbocycles. The Morgan fingerprint density at radius 1 is 1.16 bits per heavy atom. The van der Waals surface area contributed by atoms with Crippen molar-refractivity contribution in [1.29, 1.82) is 0 Å². The molecule has 0 aromatic rings. The average Bonchev–Trinajstić information content (AvgIpc) is 3.09. The summed E-state index contributed by atoms with van der Waals surface area (Å²) < 4.78 is 20.1. The molecule has 11 heteroatoms. The van der Waals surface area contributed by atoms with Gasteiger partial charge >= 0.3 is 0 Å². The number of halogens is 1. The summed E-state index contributed by atoms with van der Waals surface area (Å²) in [6.45, 7) is 1.90. The van der Waals surface area contributed by atoms with Gasteiger partial charge in [0.05, 0.1) is 36.5 Å². The molecule has 3 aliphatic heterocycles. The highest BCUT2D eigenvalue weighted by atomic mass is 19.1. The summed E-state index contributed by atoms with van der Waals surface area (Å²) in [6, 6.07) is -0.156. The molecule has 0 aromatic heterocycles. The largest absolute Gasteiger partial charge is 0.373 e. The topological polar surface area (TPSA) is 124 Å². The fourth-order valence-electron chi connectivity index (χ4n) is 5.46. The number of ether oxygens (including phenoxy) is 1. The number of nitrogens with two attached hydrogens (primary N) is 1. The number of piperidine rings is 1. The third-order valence-corrected chi connectivity index (χ3v) is 7.20. The van der Waals surface area contributed by atoms with Crippen molar-refractivity contribution < 1.29 is 18.7 Å². The summed E-state index contributed by atoms with van der Waals surface area (Å²) in [5, 5.41) is 11.3. The Morgan fingerprint density at radius 3 is 2.62 bits per heavy atom. The number of hydrogen-bond acceptors (Lipinski definition) is 8. The standard InChI is InChI=1S/C21H38FN7O3/c1-28(2)21(31)12-3-5-14(6-4-12)32-16-7-8-24-10-15(16)26-20(30)17-18(23)27-29-11-13(22)9-25-19(17)29/h12-19,24-25,27H,3-11,23H2,1-2H3,(H,26,30). The highest BCUT2D eigenvalue weighted by Crippen LogP contribution is 2.29. The molecular weight excluding hydrogens is 417 g/mol. The zero-order chi connectivity index (χ0) is 22.8. The Morgan fingerprint density at radius 2 is 1.91 bits per heavy atom. The second-order valence-electron chi connectivity index (χ2n) is 9.77. The van der Waals surface area contributed by atoms with Gasteiger partial charge < -0.3 is 26.0 Å². The summed E-state index contributed by atoms with van der Waals surface area (Å²) >= 11 is 0. The maximum Gasteiger partial charge on any atom is 0.229 e. The molecule has 0 bridgehead atoms. The summed E-state index contributed by atoms with van der Waals surface area (Å²) in [4.78, 5) is 27.1. The number of alkyl halides is 1. The smallest absolute Gasteiger partial charge is 0.229 e. The van der Waals surface area contributed by atoms with Gasteiger partial charge in [-0.1, -0.05) is 0 Å². The van der Waals surface area contributed by atoms with Crippen molar-refractivity contribution in [2.45, 2.75) is 68.9 Å². The minimum absolute atomic E-state index is 0.0810. The minimum Gasteiger partial charge on any atom is -0.373 e. The van der Waals surface area contributed by atoms with E-state index in [0.29, 0.717) is 6.54 Å². The predicted molar refractivity (Wildman–Crippen MR) is 117 cm³/mol. The van der Waals surface area contributed by atoms with Crippen LogP contribution in [0.3, 0.4) is 0 Å². The molecule has 0 radical (unpaired) electrons. The van der Waals surface area contributed by atoms with Crippen LogP contribution in [0.5, 0.6) is 0 Å². The Hall–Kier alpha value is -1.37. The molecule has 6 unspecified atom stereocenters. The number of fused-ring (bicyclic) bond motifs is 1. The van der Waals surface area contributed by atoms with Crippen molar-refractivity contribution in [2.24, 2.45) is 17.6 Å². The SMILES string of the molecule is CN(C)C(=O)C1CCC(OC2CCNCC2NC(=O)C2C(N)NN3CC(F)CNC23)CC1. The molecule has 1 saturated carbocycles. The lowest BCUT2D eigenvalue weighted by molar-refractivity contribution is -0.137. The van der Waals surface area contributed by atoms with Crippen molar-refractivity contribution in [3.63, 3.8) is 0 Å².